The molecule has 0 unspecified atom stereocenters. The molecule has 0 atom stereocenters. The third-order valence-corrected chi connectivity index (χ3v) is 4.66. The minimum atomic E-state index is -0.565. The summed E-state index contributed by atoms with van der Waals surface area (Å²) in [6, 6.07) is 20.8. The maximum Gasteiger partial charge on any atom is 0.363 e. The zero-order valence-corrected chi connectivity index (χ0v) is 16.7. The van der Waals surface area contributed by atoms with Crippen LogP contribution in [0.15, 0.2) is 83.5 Å². The zero-order valence-electron chi connectivity index (χ0n) is 16.0. The Morgan fingerprint density at radius 2 is 1.70 bits per heavy atom. The number of nitrogens with zero attached hydrogens (tertiary/aromatic N) is 1. The number of aliphatic imine (C=N–C) groups is 1. The van der Waals surface area contributed by atoms with Gasteiger partial charge in [0.25, 0.3) is 0 Å². The van der Waals surface area contributed by atoms with E-state index >= 15 is 0 Å². The highest BCUT2D eigenvalue weighted by Crippen LogP contribution is 2.25. The number of hydrogen-bond acceptors (Lipinski definition) is 5. The number of cyclic esters (lactones) is 1. The molecule has 0 fully saturated rings. The van der Waals surface area contributed by atoms with Gasteiger partial charge in [-0.2, -0.15) is 0 Å². The van der Waals surface area contributed by atoms with Crippen molar-refractivity contribution in [3.05, 3.63) is 106 Å². The highest BCUT2D eigenvalue weighted by molar-refractivity contribution is 6.30. The number of rotatable bonds is 4. The molecule has 0 amide bonds. The van der Waals surface area contributed by atoms with Crippen LogP contribution in [0.1, 0.15) is 27.0 Å². The Bertz CT molecular complexity index is 1180. The normalized spacial score (nSPS) is 14.4. The van der Waals surface area contributed by atoms with Crippen molar-refractivity contribution in [2.24, 2.45) is 4.99 Å². The topological polar surface area (TPSA) is 65.0 Å². The van der Waals surface area contributed by atoms with Gasteiger partial charge in [0.2, 0.25) is 5.90 Å². The van der Waals surface area contributed by atoms with Crippen LogP contribution in [-0.4, -0.2) is 17.8 Å². The Morgan fingerprint density at radius 1 is 1.00 bits per heavy atom. The van der Waals surface area contributed by atoms with Crippen molar-refractivity contribution < 1.29 is 19.1 Å². The average Bonchev–Trinajstić information content (AvgIpc) is 3.10. The predicted molar refractivity (Wildman–Crippen MR) is 115 cm³/mol. The van der Waals surface area contributed by atoms with Crippen LogP contribution in [0.2, 0.25) is 5.02 Å². The molecular weight excluding hydrogens is 402 g/mol. The van der Waals surface area contributed by atoms with Crippen LogP contribution in [-0.2, 0) is 9.53 Å². The van der Waals surface area contributed by atoms with Crippen molar-refractivity contribution >= 4 is 35.5 Å². The fourth-order valence-electron chi connectivity index (χ4n) is 2.81. The summed E-state index contributed by atoms with van der Waals surface area (Å²) in [7, 11) is 0. The lowest BCUT2D eigenvalue weighted by Crippen LogP contribution is -2.09. The number of esters is 2. The minimum absolute atomic E-state index is 0.126. The predicted octanol–water partition coefficient (Wildman–Crippen LogP) is 5.21. The molecule has 0 aromatic heterocycles. The van der Waals surface area contributed by atoms with Crippen LogP contribution < -0.4 is 4.74 Å². The van der Waals surface area contributed by atoms with E-state index < -0.39 is 11.9 Å². The summed E-state index contributed by atoms with van der Waals surface area (Å²) in [4.78, 5) is 29.0. The van der Waals surface area contributed by atoms with Crippen LogP contribution in [0.3, 0.4) is 0 Å². The largest absolute Gasteiger partial charge is 0.422 e. The molecule has 0 spiro atoms. The van der Waals surface area contributed by atoms with Gasteiger partial charge in [-0.15, -0.1) is 0 Å². The van der Waals surface area contributed by atoms with Crippen LogP contribution >= 0.6 is 11.6 Å². The summed E-state index contributed by atoms with van der Waals surface area (Å²) in [5, 5.41) is 0.527. The van der Waals surface area contributed by atoms with Crippen LogP contribution in [0.4, 0.5) is 0 Å². The first-order valence-corrected chi connectivity index (χ1v) is 9.54. The van der Waals surface area contributed by atoms with Crippen LogP contribution in [0, 0.1) is 6.92 Å². The summed E-state index contributed by atoms with van der Waals surface area (Å²) >= 11 is 5.86. The fraction of sp³-hybridized carbons (Fsp3) is 0.0417. The molecule has 0 saturated heterocycles. The number of hydrogen-bond donors (Lipinski definition) is 0. The molecular formula is C24H16ClNO4. The Hall–Kier alpha value is -3.70. The van der Waals surface area contributed by atoms with E-state index in [4.69, 9.17) is 21.1 Å². The molecule has 6 heteroatoms. The lowest BCUT2D eigenvalue weighted by molar-refractivity contribution is -0.129. The summed E-state index contributed by atoms with van der Waals surface area (Å²) < 4.78 is 10.8. The molecule has 0 aliphatic carbocycles. The monoisotopic (exact) mass is 417 g/mol. The average molecular weight is 418 g/mol. The van der Waals surface area contributed by atoms with Gasteiger partial charge in [-0.3, -0.25) is 0 Å². The number of aryl methyl sites for hydroxylation is 1. The van der Waals surface area contributed by atoms with E-state index in [0.29, 0.717) is 27.5 Å². The molecule has 4 rings (SSSR count). The van der Waals surface area contributed by atoms with E-state index in [-0.39, 0.29) is 11.6 Å². The molecule has 3 aromatic rings. The van der Waals surface area contributed by atoms with Crippen LogP contribution in [0.5, 0.6) is 5.75 Å². The van der Waals surface area contributed by atoms with Gasteiger partial charge in [-0.05, 0) is 55.5 Å². The van der Waals surface area contributed by atoms with Crippen molar-refractivity contribution in [3.63, 3.8) is 0 Å². The van der Waals surface area contributed by atoms with E-state index in [2.05, 4.69) is 4.99 Å². The second kappa shape index (κ2) is 8.35. The van der Waals surface area contributed by atoms with Crippen molar-refractivity contribution in [3.8, 4) is 5.75 Å². The van der Waals surface area contributed by atoms with Crippen molar-refractivity contribution in [1.82, 2.24) is 0 Å². The first-order valence-electron chi connectivity index (χ1n) is 9.16. The maximum atomic E-state index is 12.4. The second-order valence-corrected chi connectivity index (χ2v) is 7.07. The number of halogens is 1. The molecule has 1 heterocycles. The molecule has 30 heavy (non-hydrogen) atoms. The number of ether oxygens (including phenoxy) is 2. The standard InChI is InChI=1S/C24H16ClNO4/c1-15-6-8-16(9-7-15)22-26-20(24(28)30-22)14-18-4-2-3-5-21(18)29-23(27)17-10-12-19(25)13-11-17/h2-14H,1H3/b20-14+. The van der Waals surface area contributed by atoms with Crippen molar-refractivity contribution in [2.45, 2.75) is 6.92 Å². The van der Waals surface area contributed by atoms with Gasteiger partial charge in [0.05, 0.1) is 5.56 Å². The number of carbonyl (C=O) groups excluding carboxylic acids is 2. The first kappa shape index (κ1) is 19.6. The number of carbonyl (C=O) groups is 2. The van der Waals surface area contributed by atoms with E-state index in [1.165, 1.54) is 6.08 Å². The third kappa shape index (κ3) is 4.31. The minimum Gasteiger partial charge on any atom is -0.422 e. The molecule has 148 valence electrons. The van der Waals surface area contributed by atoms with E-state index in [0.717, 1.165) is 5.56 Å². The lowest BCUT2D eigenvalue weighted by atomic mass is 10.1. The third-order valence-electron chi connectivity index (χ3n) is 4.41. The SMILES string of the molecule is Cc1ccc(C2=N/C(=C/c3ccccc3OC(=O)c3ccc(Cl)cc3)C(=O)O2)cc1. The highest BCUT2D eigenvalue weighted by atomic mass is 35.5. The Balaban J connectivity index is 1.61. The molecule has 0 saturated carbocycles. The van der Waals surface area contributed by atoms with Gasteiger partial charge in [0.15, 0.2) is 5.70 Å². The maximum absolute atomic E-state index is 12.4. The summed E-state index contributed by atoms with van der Waals surface area (Å²) in [6.07, 6.45) is 1.54. The van der Waals surface area contributed by atoms with Crippen molar-refractivity contribution in [2.75, 3.05) is 0 Å². The van der Waals surface area contributed by atoms with Gasteiger partial charge >= 0.3 is 11.9 Å². The van der Waals surface area contributed by atoms with Crippen LogP contribution in [0.25, 0.3) is 6.08 Å². The fourth-order valence-corrected chi connectivity index (χ4v) is 2.94. The summed E-state index contributed by atoms with van der Waals surface area (Å²) in [6.45, 7) is 1.97. The van der Waals surface area contributed by atoms with Gasteiger partial charge in [-0.1, -0.05) is 47.5 Å². The van der Waals surface area contributed by atoms with Gasteiger partial charge in [0.1, 0.15) is 5.75 Å². The summed E-state index contributed by atoms with van der Waals surface area (Å²) in [5.41, 5.74) is 2.82. The smallest absolute Gasteiger partial charge is 0.363 e. The lowest BCUT2D eigenvalue weighted by Gasteiger charge is -2.07. The number of benzene rings is 3. The molecule has 5 nitrogen and oxygen atoms in total. The van der Waals surface area contributed by atoms with E-state index in [9.17, 15) is 9.59 Å². The van der Waals surface area contributed by atoms with E-state index in [1.807, 2.05) is 31.2 Å². The molecule has 0 bridgehead atoms. The molecule has 3 aromatic carbocycles. The Kier molecular flexibility index (Phi) is 5.46. The molecule has 1 aliphatic heterocycles. The quantitative estimate of drug-likeness (QED) is 0.332. The van der Waals surface area contributed by atoms with E-state index in [1.54, 1.807) is 48.5 Å². The van der Waals surface area contributed by atoms with Crippen molar-refractivity contribution in [1.29, 1.82) is 0 Å². The van der Waals surface area contributed by atoms with Gasteiger partial charge < -0.3 is 9.47 Å². The molecule has 1 aliphatic rings. The zero-order chi connectivity index (χ0) is 21.1. The first-order chi connectivity index (χ1) is 14.5. The van der Waals surface area contributed by atoms with Gasteiger partial charge in [-0.25, -0.2) is 14.6 Å². The Labute approximate surface area is 178 Å². The Morgan fingerprint density at radius 3 is 2.43 bits per heavy atom. The second-order valence-electron chi connectivity index (χ2n) is 6.64. The van der Waals surface area contributed by atoms with Gasteiger partial charge in [0, 0.05) is 16.1 Å². The summed E-state index contributed by atoms with van der Waals surface area (Å²) in [5.74, 6) is -0.557. The molecule has 0 radical (unpaired) electrons. The number of para-hydroxylation sites is 1. The highest BCUT2D eigenvalue weighted by Gasteiger charge is 2.24. The molecule has 0 N–H and O–H groups in total.